The van der Waals surface area contributed by atoms with Crippen LogP contribution in [0, 0.1) is 0 Å². The standard InChI is InChI=1S/C12H10N4O3S/c13-12-16-8(5-20-12)11(18)14-6-1-2-9-7(3-6)15-10(17)4-19-9/h1-3,5H,4H2,(H2,13,16)(H,14,18)(H,15,17). The number of hydrogen-bond donors (Lipinski definition) is 3. The quantitative estimate of drug-likeness (QED) is 0.773. The van der Waals surface area contributed by atoms with E-state index in [-0.39, 0.29) is 24.1 Å². The first kappa shape index (κ1) is 12.4. The van der Waals surface area contributed by atoms with Crippen molar-refractivity contribution in [2.24, 2.45) is 0 Å². The number of benzene rings is 1. The number of nitrogen functional groups attached to an aromatic ring is 1. The highest BCUT2D eigenvalue weighted by Gasteiger charge is 2.17. The first-order valence-corrected chi connectivity index (χ1v) is 6.59. The molecule has 0 saturated carbocycles. The second-order valence-corrected chi connectivity index (χ2v) is 4.96. The number of fused-ring (bicyclic) bond motifs is 1. The molecule has 0 aliphatic carbocycles. The van der Waals surface area contributed by atoms with Crippen molar-refractivity contribution in [2.45, 2.75) is 0 Å². The van der Waals surface area contributed by atoms with Crippen molar-refractivity contribution < 1.29 is 14.3 Å². The van der Waals surface area contributed by atoms with Gasteiger partial charge in [-0.2, -0.15) is 0 Å². The Morgan fingerprint density at radius 2 is 2.35 bits per heavy atom. The third-order valence-electron chi connectivity index (χ3n) is 2.62. The first-order chi connectivity index (χ1) is 9.61. The largest absolute Gasteiger partial charge is 0.482 e. The molecular weight excluding hydrogens is 280 g/mol. The SMILES string of the molecule is Nc1nc(C(=O)Nc2ccc3c(c2)NC(=O)CO3)cs1. The molecule has 0 radical (unpaired) electrons. The average molecular weight is 290 g/mol. The van der Waals surface area contributed by atoms with E-state index in [2.05, 4.69) is 15.6 Å². The number of nitrogens with zero attached hydrogens (tertiary/aromatic N) is 1. The summed E-state index contributed by atoms with van der Waals surface area (Å²) in [4.78, 5) is 27.1. The van der Waals surface area contributed by atoms with Crippen LogP contribution in [-0.2, 0) is 4.79 Å². The molecule has 0 atom stereocenters. The molecule has 8 heteroatoms. The lowest BCUT2D eigenvalue weighted by molar-refractivity contribution is -0.118. The van der Waals surface area contributed by atoms with Gasteiger partial charge in [0.05, 0.1) is 5.69 Å². The monoisotopic (exact) mass is 290 g/mol. The van der Waals surface area contributed by atoms with Crippen LogP contribution in [0.2, 0.25) is 0 Å². The average Bonchev–Trinajstić information content (AvgIpc) is 2.85. The molecule has 1 aromatic carbocycles. The third kappa shape index (κ3) is 2.41. The van der Waals surface area contributed by atoms with Gasteiger partial charge in [0.2, 0.25) is 0 Å². The fraction of sp³-hybridized carbons (Fsp3) is 0.0833. The van der Waals surface area contributed by atoms with Crippen molar-refractivity contribution in [3.8, 4) is 5.75 Å². The van der Waals surface area contributed by atoms with Gasteiger partial charge in [-0.05, 0) is 18.2 Å². The predicted octanol–water partition coefficient (Wildman–Crippen LogP) is 1.31. The summed E-state index contributed by atoms with van der Waals surface area (Å²) in [7, 11) is 0. The molecule has 1 aliphatic heterocycles. The molecule has 3 rings (SSSR count). The highest BCUT2D eigenvalue weighted by molar-refractivity contribution is 7.13. The molecule has 4 N–H and O–H groups in total. The molecule has 1 aliphatic rings. The van der Waals surface area contributed by atoms with Crippen LogP contribution < -0.4 is 21.1 Å². The Labute approximate surface area is 117 Å². The van der Waals surface area contributed by atoms with Gasteiger partial charge in [-0.1, -0.05) is 0 Å². The van der Waals surface area contributed by atoms with Gasteiger partial charge in [-0.15, -0.1) is 11.3 Å². The molecule has 2 heterocycles. The minimum absolute atomic E-state index is 0.00317. The number of nitrogens with two attached hydrogens (primary N) is 1. The van der Waals surface area contributed by atoms with E-state index in [9.17, 15) is 9.59 Å². The van der Waals surface area contributed by atoms with Gasteiger partial charge in [0.15, 0.2) is 11.7 Å². The van der Waals surface area contributed by atoms with Crippen LogP contribution in [-0.4, -0.2) is 23.4 Å². The van der Waals surface area contributed by atoms with E-state index in [1.165, 1.54) is 11.3 Å². The van der Waals surface area contributed by atoms with E-state index >= 15 is 0 Å². The number of thiazole rings is 1. The Morgan fingerprint density at radius 1 is 1.50 bits per heavy atom. The second kappa shape index (κ2) is 4.82. The predicted molar refractivity (Wildman–Crippen MR) is 75.0 cm³/mol. The van der Waals surface area contributed by atoms with E-state index in [4.69, 9.17) is 10.5 Å². The van der Waals surface area contributed by atoms with Gasteiger partial charge in [0.25, 0.3) is 11.8 Å². The molecule has 2 aromatic rings. The maximum Gasteiger partial charge on any atom is 0.275 e. The normalized spacial score (nSPS) is 13.1. The number of rotatable bonds is 2. The highest BCUT2D eigenvalue weighted by Crippen LogP contribution is 2.30. The molecule has 2 amide bonds. The maximum atomic E-state index is 11.9. The topological polar surface area (TPSA) is 106 Å². The second-order valence-electron chi connectivity index (χ2n) is 4.07. The van der Waals surface area contributed by atoms with Gasteiger partial charge in [-0.25, -0.2) is 4.98 Å². The van der Waals surface area contributed by atoms with Crippen molar-refractivity contribution >= 4 is 39.7 Å². The molecule has 102 valence electrons. The van der Waals surface area contributed by atoms with Crippen LogP contribution in [0.4, 0.5) is 16.5 Å². The van der Waals surface area contributed by atoms with Crippen molar-refractivity contribution in [3.05, 3.63) is 29.3 Å². The lowest BCUT2D eigenvalue weighted by Crippen LogP contribution is -2.25. The molecule has 0 spiro atoms. The van der Waals surface area contributed by atoms with Gasteiger partial charge in [-0.3, -0.25) is 9.59 Å². The molecule has 1 aromatic heterocycles. The third-order valence-corrected chi connectivity index (χ3v) is 3.30. The summed E-state index contributed by atoms with van der Waals surface area (Å²) in [6.45, 7) is -0.00317. The van der Waals surface area contributed by atoms with Crippen LogP contribution in [0.1, 0.15) is 10.5 Å². The van der Waals surface area contributed by atoms with Crippen molar-refractivity contribution in [1.82, 2.24) is 4.98 Å². The summed E-state index contributed by atoms with van der Waals surface area (Å²) in [5.41, 5.74) is 6.79. The smallest absolute Gasteiger partial charge is 0.275 e. The highest BCUT2D eigenvalue weighted by atomic mass is 32.1. The molecule has 0 fully saturated rings. The van der Waals surface area contributed by atoms with E-state index in [0.29, 0.717) is 22.3 Å². The number of carbonyl (C=O) groups is 2. The zero-order chi connectivity index (χ0) is 14.1. The Balaban J connectivity index is 1.80. The number of carbonyl (C=O) groups excluding carboxylic acids is 2. The van der Waals surface area contributed by atoms with E-state index in [1.807, 2.05) is 0 Å². The number of anilines is 3. The number of hydrogen-bond acceptors (Lipinski definition) is 6. The summed E-state index contributed by atoms with van der Waals surface area (Å²) >= 11 is 1.20. The van der Waals surface area contributed by atoms with Crippen molar-refractivity contribution in [3.63, 3.8) is 0 Å². The zero-order valence-corrected chi connectivity index (χ0v) is 11.0. The lowest BCUT2D eigenvalue weighted by Gasteiger charge is -2.18. The number of nitrogens with one attached hydrogen (secondary N) is 2. The molecule has 0 bridgehead atoms. The summed E-state index contributed by atoms with van der Waals surface area (Å²) < 4.78 is 5.23. The van der Waals surface area contributed by atoms with Crippen LogP contribution in [0.15, 0.2) is 23.6 Å². The van der Waals surface area contributed by atoms with Gasteiger partial charge in [0.1, 0.15) is 11.4 Å². The number of aromatic nitrogens is 1. The summed E-state index contributed by atoms with van der Waals surface area (Å²) in [5.74, 6) is -0.0188. The maximum absolute atomic E-state index is 11.9. The van der Waals surface area contributed by atoms with Gasteiger partial charge >= 0.3 is 0 Å². The first-order valence-electron chi connectivity index (χ1n) is 5.71. The van der Waals surface area contributed by atoms with E-state index < -0.39 is 0 Å². The van der Waals surface area contributed by atoms with Crippen molar-refractivity contribution in [1.29, 1.82) is 0 Å². The van der Waals surface area contributed by atoms with Crippen LogP contribution >= 0.6 is 11.3 Å². The number of ether oxygens (including phenoxy) is 1. The lowest BCUT2D eigenvalue weighted by atomic mass is 10.2. The molecule has 0 saturated heterocycles. The van der Waals surface area contributed by atoms with Crippen molar-refractivity contribution in [2.75, 3.05) is 23.0 Å². The van der Waals surface area contributed by atoms with E-state index in [1.54, 1.807) is 23.6 Å². The fourth-order valence-corrected chi connectivity index (χ4v) is 2.29. The minimum Gasteiger partial charge on any atom is -0.482 e. The Hall–Kier alpha value is -2.61. The van der Waals surface area contributed by atoms with Crippen LogP contribution in [0.25, 0.3) is 0 Å². The van der Waals surface area contributed by atoms with Gasteiger partial charge in [0, 0.05) is 11.1 Å². The number of amides is 2. The van der Waals surface area contributed by atoms with E-state index in [0.717, 1.165) is 0 Å². The molecular formula is C12H10N4O3S. The van der Waals surface area contributed by atoms with Crippen LogP contribution in [0.3, 0.4) is 0 Å². The molecule has 7 nitrogen and oxygen atoms in total. The van der Waals surface area contributed by atoms with Gasteiger partial charge < -0.3 is 21.1 Å². The van der Waals surface area contributed by atoms with Crippen LogP contribution in [0.5, 0.6) is 5.75 Å². The zero-order valence-electron chi connectivity index (χ0n) is 10.2. The summed E-state index contributed by atoms with van der Waals surface area (Å²) in [6.07, 6.45) is 0. The Morgan fingerprint density at radius 3 is 3.10 bits per heavy atom. The summed E-state index contributed by atoms with van der Waals surface area (Å²) in [6, 6.07) is 4.99. The minimum atomic E-state index is -0.360. The summed E-state index contributed by atoms with van der Waals surface area (Å²) in [5, 5.41) is 7.26. The fourth-order valence-electron chi connectivity index (χ4n) is 1.75. The Bertz CT molecular complexity index is 698. The molecule has 0 unspecified atom stereocenters. The Kier molecular flexibility index (Phi) is 2.99. The molecule has 20 heavy (non-hydrogen) atoms.